The maximum atomic E-state index is 14.4. The van der Waals surface area contributed by atoms with Crippen LogP contribution < -0.4 is 4.90 Å². The smallest absolute Gasteiger partial charge is 0.257 e. The van der Waals surface area contributed by atoms with Gasteiger partial charge in [0.2, 0.25) is 0 Å². The third-order valence-corrected chi connectivity index (χ3v) is 5.68. The number of halogens is 4. The fraction of sp³-hybridized carbons (Fsp3) is 0.227. The SMILES string of the molecule is CN(c1cc(F)cc(C#CC2(C(F)F)CC2)c1)c1nc2nncn2c2cc(Cl)ccc12. The van der Waals surface area contributed by atoms with E-state index in [0.717, 1.165) is 10.9 Å². The highest BCUT2D eigenvalue weighted by Gasteiger charge is 2.49. The number of anilines is 2. The quantitative estimate of drug-likeness (QED) is 0.408. The van der Waals surface area contributed by atoms with Crippen molar-refractivity contribution in [1.29, 1.82) is 0 Å². The Morgan fingerprint density at radius 1 is 1.19 bits per heavy atom. The molecule has 1 saturated carbocycles. The van der Waals surface area contributed by atoms with Crippen molar-refractivity contribution in [2.45, 2.75) is 19.3 Å². The summed E-state index contributed by atoms with van der Waals surface area (Å²) in [6.45, 7) is 0. The van der Waals surface area contributed by atoms with Crippen LogP contribution in [0.3, 0.4) is 0 Å². The molecule has 2 heterocycles. The molecule has 1 aliphatic carbocycles. The van der Waals surface area contributed by atoms with E-state index in [2.05, 4.69) is 27.0 Å². The van der Waals surface area contributed by atoms with Crippen molar-refractivity contribution in [2.24, 2.45) is 5.41 Å². The first kappa shape index (κ1) is 19.6. The molecule has 1 fully saturated rings. The zero-order valence-electron chi connectivity index (χ0n) is 16.3. The van der Waals surface area contributed by atoms with Gasteiger partial charge in [0, 0.05) is 28.7 Å². The average Bonchev–Trinajstić information content (AvgIpc) is 3.39. The van der Waals surface area contributed by atoms with Gasteiger partial charge in [-0.05, 0) is 49.2 Å². The van der Waals surface area contributed by atoms with Crippen LogP contribution in [0.1, 0.15) is 18.4 Å². The van der Waals surface area contributed by atoms with Gasteiger partial charge in [0.05, 0.1) is 10.9 Å². The second kappa shape index (κ2) is 7.13. The molecule has 2 aromatic carbocycles. The normalized spacial score (nSPS) is 14.6. The van der Waals surface area contributed by atoms with Crippen molar-refractivity contribution >= 4 is 39.8 Å². The van der Waals surface area contributed by atoms with Gasteiger partial charge in [0.15, 0.2) is 0 Å². The first-order chi connectivity index (χ1) is 14.9. The lowest BCUT2D eigenvalue weighted by atomic mass is 10.1. The van der Waals surface area contributed by atoms with Crippen molar-refractivity contribution in [3.63, 3.8) is 0 Å². The first-order valence-electron chi connectivity index (χ1n) is 9.51. The van der Waals surface area contributed by atoms with Crippen LogP contribution in [0.15, 0.2) is 42.7 Å². The molecule has 5 rings (SSSR count). The molecular formula is C22H15ClF3N5. The van der Waals surface area contributed by atoms with E-state index in [-0.39, 0.29) is 0 Å². The number of benzene rings is 2. The van der Waals surface area contributed by atoms with E-state index in [1.54, 1.807) is 34.5 Å². The molecule has 156 valence electrons. The maximum Gasteiger partial charge on any atom is 0.257 e. The van der Waals surface area contributed by atoms with E-state index in [1.807, 2.05) is 6.07 Å². The Labute approximate surface area is 180 Å². The van der Waals surface area contributed by atoms with Crippen LogP contribution in [0.2, 0.25) is 5.02 Å². The van der Waals surface area contributed by atoms with Crippen LogP contribution in [-0.2, 0) is 0 Å². The summed E-state index contributed by atoms with van der Waals surface area (Å²) < 4.78 is 42.4. The lowest BCUT2D eigenvalue weighted by molar-refractivity contribution is 0.0921. The second-order valence-electron chi connectivity index (χ2n) is 7.56. The van der Waals surface area contributed by atoms with Gasteiger partial charge < -0.3 is 4.90 Å². The van der Waals surface area contributed by atoms with Crippen LogP contribution in [-0.4, -0.2) is 33.1 Å². The zero-order chi connectivity index (χ0) is 21.8. The van der Waals surface area contributed by atoms with Crippen molar-refractivity contribution in [2.75, 3.05) is 11.9 Å². The molecule has 4 aromatic rings. The van der Waals surface area contributed by atoms with Gasteiger partial charge in [0.25, 0.3) is 12.2 Å². The minimum atomic E-state index is -2.51. The van der Waals surface area contributed by atoms with Gasteiger partial charge in [-0.1, -0.05) is 23.4 Å². The molecule has 0 N–H and O–H groups in total. The highest BCUT2D eigenvalue weighted by molar-refractivity contribution is 6.31. The summed E-state index contributed by atoms with van der Waals surface area (Å²) in [6.07, 6.45) is -0.252. The molecule has 0 unspecified atom stereocenters. The third-order valence-electron chi connectivity index (χ3n) is 5.45. The highest BCUT2D eigenvalue weighted by Crippen LogP contribution is 2.50. The maximum absolute atomic E-state index is 14.4. The van der Waals surface area contributed by atoms with Gasteiger partial charge in [-0.25, -0.2) is 13.2 Å². The highest BCUT2D eigenvalue weighted by atomic mass is 35.5. The zero-order valence-corrected chi connectivity index (χ0v) is 17.0. The van der Waals surface area contributed by atoms with Crippen molar-refractivity contribution in [3.05, 3.63) is 59.1 Å². The predicted molar refractivity (Wildman–Crippen MR) is 112 cm³/mol. The molecule has 0 amide bonds. The number of alkyl halides is 2. The number of hydrogen-bond donors (Lipinski definition) is 0. The number of fused-ring (bicyclic) bond motifs is 3. The van der Waals surface area contributed by atoms with Crippen LogP contribution in [0.5, 0.6) is 0 Å². The molecular weight excluding hydrogens is 427 g/mol. The average molecular weight is 442 g/mol. The summed E-state index contributed by atoms with van der Waals surface area (Å²) in [5.74, 6) is 5.72. The monoisotopic (exact) mass is 441 g/mol. The van der Waals surface area contributed by atoms with Gasteiger partial charge in [-0.3, -0.25) is 4.40 Å². The summed E-state index contributed by atoms with van der Waals surface area (Å²) >= 11 is 6.17. The Bertz CT molecular complexity index is 1380. The molecule has 1 aliphatic rings. The minimum Gasteiger partial charge on any atom is -0.329 e. The molecule has 0 radical (unpaired) electrons. The van der Waals surface area contributed by atoms with Crippen LogP contribution in [0.4, 0.5) is 24.7 Å². The number of hydrogen-bond acceptors (Lipinski definition) is 4. The molecule has 31 heavy (non-hydrogen) atoms. The fourth-order valence-corrected chi connectivity index (χ4v) is 3.64. The second-order valence-corrected chi connectivity index (χ2v) is 8.00. The lowest BCUT2D eigenvalue weighted by Gasteiger charge is -2.21. The summed E-state index contributed by atoms with van der Waals surface area (Å²) in [5.41, 5.74) is 0.283. The van der Waals surface area contributed by atoms with Crippen LogP contribution >= 0.6 is 11.6 Å². The van der Waals surface area contributed by atoms with Crippen molar-refractivity contribution < 1.29 is 13.2 Å². The third kappa shape index (κ3) is 3.45. The first-order valence-corrected chi connectivity index (χ1v) is 9.89. The van der Waals surface area contributed by atoms with E-state index >= 15 is 0 Å². The van der Waals surface area contributed by atoms with Gasteiger partial charge >= 0.3 is 0 Å². The fourth-order valence-electron chi connectivity index (χ4n) is 3.47. The van der Waals surface area contributed by atoms with E-state index < -0.39 is 17.7 Å². The van der Waals surface area contributed by atoms with Crippen LogP contribution in [0, 0.1) is 23.1 Å². The Morgan fingerprint density at radius 3 is 2.74 bits per heavy atom. The molecule has 0 atom stereocenters. The summed E-state index contributed by atoms with van der Waals surface area (Å²) in [4.78, 5) is 6.26. The molecule has 5 nitrogen and oxygen atoms in total. The summed E-state index contributed by atoms with van der Waals surface area (Å²) in [6, 6.07) is 9.54. The van der Waals surface area contributed by atoms with E-state index in [1.165, 1.54) is 18.5 Å². The van der Waals surface area contributed by atoms with Crippen LogP contribution in [0.25, 0.3) is 16.7 Å². The standard InChI is InChI=1S/C22H15ClF3N5/c1-30(16-9-13(8-15(24)11-16)4-5-22(6-7-22)20(25)26)19-17-3-2-14(23)10-18(17)31-12-27-29-21(31)28-19/h2-3,8-12,20H,6-7H2,1H3. The van der Waals surface area contributed by atoms with E-state index in [9.17, 15) is 13.2 Å². The van der Waals surface area contributed by atoms with Gasteiger partial charge in [0.1, 0.15) is 18.0 Å². The number of aromatic nitrogens is 4. The number of nitrogens with zero attached hydrogens (tertiary/aromatic N) is 5. The van der Waals surface area contributed by atoms with Gasteiger partial charge in [-0.15, -0.1) is 10.2 Å². The van der Waals surface area contributed by atoms with E-state index in [4.69, 9.17) is 11.6 Å². The minimum absolute atomic E-state index is 0.324. The molecule has 2 aromatic heterocycles. The Kier molecular flexibility index (Phi) is 4.52. The largest absolute Gasteiger partial charge is 0.329 e. The summed E-state index contributed by atoms with van der Waals surface area (Å²) in [7, 11) is 1.73. The molecule has 9 heteroatoms. The summed E-state index contributed by atoms with van der Waals surface area (Å²) in [5, 5.41) is 9.21. The number of rotatable bonds is 3. The molecule has 0 saturated heterocycles. The Balaban J connectivity index is 1.61. The molecule has 0 spiro atoms. The Hall–Kier alpha value is -3.31. The van der Waals surface area contributed by atoms with Gasteiger partial charge in [-0.2, -0.15) is 4.98 Å². The molecule has 0 aliphatic heterocycles. The van der Waals surface area contributed by atoms with E-state index in [0.29, 0.717) is 40.7 Å². The Morgan fingerprint density at radius 2 is 2.00 bits per heavy atom. The topological polar surface area (TPSA) is 46.3 Å². The van der Waals surface area contributed by atoms with Crippen molar-refractivity contribution in [3.8, 4) is 11.8 Å². The lowest BCUT2D eigenvalue weighted by Crippen LogP contribution is -2.13. The predicted octanol–water partition coefficient (Wildman–Crippen LogP) is 5.23. The van der Waals surface area contributed by atoms with Crippen molar-refractivity contribution in [1.82, 2.24) is 19.6 Å². The molecule has 0 bridgehead atoms.